The molecule has 0 aliphatic carbocycles. The molecule has 4 rings (SSSR count). The van der Waals surface area contributed by atoms with Crippen LogP contribution >= 0.6 is 0 Å². The van der Waals surface area contributed by atoms with Gasteiger partial charge >= 0.3 is 0 Å². The van der Waals surface area contributed by atoms with Gasteiger partial charge in [0.25, 0.3) is 5.91 Å². The zero-order chi connectivity index (χ0) is 20.9. The molecule has 0 aromatic heterocycles. The molecule has 1 heterocycles. The fourth-order valence-electron chi connectivity index (χ4n) is 3.67. The maximum Gasteiger partial charge on any atom is 0.251 e. The third kappa shape index (κ3) is 4.57. The van der Waals surface area contributed by atoms with Crippen molar-refractivity contribution in [3.63, 3.8) is 0 Å². The van der Waals surface area contributed by atoms with Crippen LogP contribution in [-0.4, -0.2) is 18.4 Å². The van der Waals surface area contributed by atoms with E-state index in [0.717, 1.165) is 35.2 Å². The smallest absolute Gasteiger partial charge is 0.251 e. The summed E-state index contributed by atoms with van der Waals surface area (Å²) in [6.45, 7) is 0.571. The Hall–Kier alpha value is -3.47. The zero-order valence-corrected chi connectivity index (χ0v) is 16.6. The summed E-state index contributed by atoms with van der Waals surface area (Å²) in [5, 5.41) is 5.78. The summed E-state index contributed by atoms with van der Waals surface area (Å²) in [6.07, 6.45) is 2.75. The first-order valence-corrected chi connectivity index (χ1v) is 10.1. The molecular weight excluding hydrogens is 379 g/mol. The van der Waals surface area contributed by atoms with Crippen LogP contribution in [0.25, 0.3) is 11.1 Å². The molecule has 4 nitrogen and oxygen atoms in total. The van der Waals surface area contributed by atoms with Crippen LogP contribution < -0.4 is 10.6 Å². The average molecular weight is 402 g/mol. The lowest BCUT2D eigenvalue weighted by molar-refractivity contribution is -0.116. The van der Waals surface area contributed by atoms with E-state index in [1.807, 2.05) is 36.4 Å². The largest absolute Gasteiger partial charge is 0.352 e. The van der Waals surface area contributed by atoms with E-state index in [-0.39, 0.29) is 17.6 Å². The number of amides is 2. The van der Waals surface area contributed by atoms with Crippen LogP contribution in [0.3, 0.4) is 0 Å². The lowest BCUT2D eigenvalue weighted by atomic mass is 10.00. The van der Waals surface area contributed by atoms with Crippen LogP contribution in [-0.2, 0) is 17.6 Å². The van der Waals surface area contributed by atoms with Gasteiger partial charge < -0.3 is 10.6 Å². The molecule has 1 aliphatic heterocycles. The lowest BCUT2D eigenvalue weighted by Crippen LogP contribution is -2.25. The Labute approximate surface area is 175 Å². The van der Waals surface area contributed by atoms with Gasteiger partial charge in [-0.05, 0) is 60.2 Å². The predicted molar refractivity (Wildman–Crippen MR) is 116 cm³/mol. The van der Waals surface area contributed by atoms with Crippen LogP contribution in [0, 0.1) is 5.82 Å². The average Bonchev–Trinajstić information content (AvgIpc) is 2.77. The Morgan fingerprint density at radius 1 is 1.00 bits per heavy atom. The van der Waals surface area contributed by atoms with Crippen molar-refractivity contribution in [3.05, 3.63) is 89.2 Å². The summed E-state index contributed by atoms with van der Waals surface area (Å²) in [5.41, 5.74) is 5.00. The van der Waals surface area contributed by atoms with Crippen molar-refractivity contribution in [2.45, 2.75) is 25.7 Å². The summed E-state index contributed by atoms with van der Waals surface area (Å²) >= 11 is 0. The first kappa shape index (κ1) is 19.8. The van der Waals surface area contributed by atoms with Crippen LogP contribution in [0.5, 0.6) is 0 Å². The highest BCUT2D eigenvalue weighted by Gasteiger charge is 2.16. The molecule has 3 aromatic rings. The second-order valence-corrected chi connectivity index (χ2v) is 7.46. The summed E-state index contributed by atoms with van der Waals surface area (Å²) < 4.78 is 13.9. The topological polar surface area (TPSA) is 58.2 Å². The second-order valence-electron chi connectivity index (χ2n) is 7.46. The summed E-state index contributed by atoms with van der Waals surface area (Å²) in [6, 6.07) is 20.0. The number of rotatable bonds is 6. The molecule has 0 atom stereocenters. The molecule has 2 amide bonds. The third-order valence-electron chi connectivity index (χ3n) is 5.33. The molecular formula is C25H23FN2O2. The molecule has 0 saturated carbocycles. The molecule has 152 valence electrons. The highest BCUT2D eigenvalue weighted by molar-refractivity contribution is 5.97. The monoisotopic (exact) mass is 402 g/mol. The first-order valence-electron chi connectivity index (χ1n) is 10.1. The normalized spacial score (nSPS) is 12.8. The fraction of sp³-hybridized carbons (Fsp3) is 0.200. The van der Waals surface area contributed by atoms with E-state index in [1.165, 1.54) is 6.07 Å². The molecule has 0 bridgehead atoms. The Morgan fingerprint density at radius 2 is 1.80 bits per heavy atom. The van der Waals surface area contributed by atoms with Gasteiger partial charge in [0.15, 0.2) is 0 Å². The molecule has 0 radical (unpaired) electrons. The van der Waals surface area contributed by atoms with E-state index in [1.54, 1.807) is 24.3 Å². The van der Waals surface area contributed by atoms with Crippen molar-refractivity contribution in [2.75, 3.05) is 11.9 Å². The van der Waals surface area contributed by atoms with E-state index in [0.29, 0.717) is 30.5 Å². The second kappa shape index (κ2) is 8.91. The summed E-state index contributed by atoms with van der Waals surface area (Å²) in [5.74, 6) is -0.316. The molecule has 2 N–H and O–H groups in total. The number of fused-ring (bicyclic) bond motifs is 1. The van der Waals surface area contributed by atoms with Gasteiger partial charge in [0.1, 0.15) is 5.82 Å². The van der Waals surface area contributed by atoms with Crippen molar-refractivity contribution in [2.24, 2.45) is 0 Å². The molecule has 0 spiro atoms. The summed E-state index contributed by atoms with van der Waals surface area (Å²) in [7, 11) is 0. The number of carbonyl (C=O) groups is 2. The van der Waals surface area contributed by atoms with Crippen molar-refractivity contribution >= 4 is 17.5 Å². The van der Waals surface area contributed by atoms with E-state index in [9.17, 15) is 14.0 Å². The number of hydrogen-bond donors (Lipinski definition) is 2. The maximum atomic E-state index is 13.9. The standard InChI is InChI=1S/C25H23FN2O2/c26-22-6-2-1-5-21(22)18-9-7-17(8-10-18)4-3-15-27-25(30)20-11-13-23-19(16-20)12-14-24(29)28-23/h1-2,5-11,13,16H,3-4,12,14-15H2,(H,27,30)(H,28,29). The van der Waals surface area contributed by atoms with Crippen LogP contribution in [0.2, 0.25) is 0 Å². The summed E-state index contributed by atoms with van der Waals surface area (Å²) in [4.78, 5) is 23.8. The Balaban J connectivity index is 1.27. The number of aryl methyl sites for hydroxylation is 2. The molecule has 30 heavy (non-hydrogen) atoms. The number of hydrogen-bond acceptors (Lipinski definition) is 2. The number of anilines is 1. The number of halogens is 1. The Bertz CT molecular complexity index is 1080. The Kier molecular flexibility index (Phi) is 5.89. The van der Waals surface area contributed by atoms with Gasteiger partial charge in [-0.1, -0.05) is 42.5 Å². The molecule has 0 saturated heterocycles. The van der Waals surface area contributed by atoms with Crippen LogP contribution in [0.1, 0.15) is 34.3 Å². The van der Waals surface area contributed by atoms with Crippen LogP contribution in [0.15, 0.2) is 66.7 Å². The van der Waals surface area contributed by atoms with Gasteiger partial charge in [0, 0.05) is 29.8 Å². The van der Waals surface area contributed by atoms with Gasteiger partial charge in [-0.25, -0.2) is 4.39 Å². The number of benzene rings is 3. The van der Waals surface area contributed by atoms with E-state index >= 15 is 0 Å². The van der Waals surface area contributed by atoms with Gasteiger partial charge in [0.05, 0.1) is 0 Å². The minimum absolute atomic E-state index is 0.0154. The molecule has 3 aromatic carbocycles. The first-order chi connectivity index (χ1) is 14.6. The fourth-order valence-corrected chi connectivity index (χ4v) is 3.67. The number of nitrogens with one attached hydrogen (secondary N) is 2. The minimum Gasteiger partial charge on any atom is -0.352 e. The van der Waals surface area contributed by atoms with Crippen molar-refractivity contribution in [1.29, 1.82) is 0 Å². The predicted octanol–water partition coefficient (Wildman–Crippen LogP) is 4.74. The highest BCUT2D eigenvalue weighted by atomic mass is 19.1. The lowest BCUT2D eigenvalue weighted by Gasteiger charge is -2.17. The molecule has 5 heteroatoms. The van der Waals surface area contributed by atoms with Gasteiger partial charge in [-0.3, -0.25) is 9.59 Å². The van der Waals surface area contributed by atoms with Crippen molar-refractivity contribution < 1.29 is 14.0 Å². The van der Waals surface area contributed by atoms with Gasteiger partial charge in [-0.2, -0.15) is 0 Å². The molecule has 1 aliphatic rings. The molecule has 0 unspecified atom stereocenters. The van der Waals surface area contributed by atoms with Crippen LogP contribution in [0.4, 0.5) is 10.1 Å². The van der Waals surface area contributed by atoms with Gasteiger partial charge in [-0.15, -0.1) is 0 Å². The number of carbonyl (C=O) groups excluding carboxylic acids is 2. The van der Waals surface area contributed by atoms with E-state index in [4.69, 9.17) is 0 Å². The Morgan fingerprint density at radius 3 is 2.60 bits per heavy atom. The quantitative estimate of drug-likeness (QED) is 0.585. The van der Waals surface area contributed by atoms with Crippen molar-refractivity contribution in [1.82, 2.24) is 5.32 Å². The maximum absolute atomic E-state index is 13.9. The SMILES string of the molecule is O=C1CCc2cc(C(=O)NCCCc3ccc(-c4ccccc4F)cc3)ccc2N1. The van der Waals surface area contributed by atoms with E-state index < -0.39 is 0 Å². The zero-order valence-electron chi connectivity index (χ0n) is 16.6. The third-order valence-corrected chi connectivity index (χ3v) is 5.33. The van der Waals surface area contributed by atoms with Gasteiger partial charge in [0.2, 0.25) is 5.91 Å². The van der Waals surface area contributed by atoms with E-state index in [2.05, 4.69) is 10.6 Å². The minimum atomic E-state index is -0.225. The highest BCUT2D eigenvalue weighted by Crippen LogP contribution is 2.24. The van der Waals surface area contributed by atoms with Crippen molar-refractivity contribution in [3.8, 4) is 11.1 Å². The molecule has 0 fully saturated rings.